The Bertz CT molecular complexity index is 421. The maximum atomic E-state index is 12.2. The summed E-state index contributed by atoms with van der Waals surface area (Å²) in [5, 5.41) is 10.9. The minimum atomic E-state index is -0.0126. The Morgan fingerprint density at radius 3 is 3.00 bits per heavy atom. The molecule has 0 aliphatic carbocycles. The van der Waals surface area contributed by atoms with Crippen LogP contribution in [0.25, 0.3) is 0 Å². The SMILES string of the molecule is CCc1cc(C(=O)NCC2CCCCN2)n(CC)n1. The molecule has 1 amide bonds. The molecule has 1 aliphatic rings. The monoisotopic (exact) mass is 264 g/mol. The molecule has 1 unspecified atom stereocenters. The molecule has 0 saturated carbocycles. The first-order chi connectivity index (χ1) is 9.24. The van der Waals surface area contributed by atoms with E-state index in [0.29, 0.717) is 18.3 Å². The molecule has 1 saturated heterocycles. The minimum Gasteiger partial charge on any atom is -0.349 e. The summed E-state index contributed by atoms with van der Waals surface area (Å²) in [6.45, 7) is 6.55. The molecule has 1 atom stereocenters. The lowest BCUT2D eigenvalue weighted by Gasteiger charge is -2.23. The maximum Gasteiger partial charge on any atom is 0.269 e. The minimum absolute atomic E-state index is 0.0126. The normalized spacial score (nSPS) is 19.4. The fraction of sp³-hybridized carbons (Fsp3) is 0.714. The Morgan fingerprint density at radius 2 is 2.37 bits per heavy atom. The van der Waals surface area contributed by atoms with Gasteiger partial charge in [0.05, 0.1) is 5.69 Å². The number of rotatable bonds is 5. The Morgan fingerprint density at radius 1 is 1.53 bits per heavy atom. The molecule has 2 N–H and O–H groups in total. The van der Waals surface area contributed by atoms with Gasteiger partial charge in [-0.25, -0.2) is 0 Å². The van der Waals surface area contributed by atoms with Crippen molar-refractivity contribution in [3.63, 3.8) is 0 Å². The molecule has 0 aromatic carbocycles. The molecule has 2 heterocycles. The van der Waals surface area contributed by atoms with Gasteiger partial charge in [-0.05, 0) is 38.8 Å². The van der Waals surface area contributed by atoms with Crippen LogP contribution in [0.3, 0.4) is 0 Å². The Hall–Kier alpha value is -1.36. The molecular weight excluding hydrogens is 240 g/mol. The molecule has 1 fully saturated rings. The highest BCUT2D eigenvalue weighted by Gasteiger charge is 2.17. The van der Waals surface area contributed by atoms with Crippen LogP contribution in [-0.2, 0) is 13.0 Å². The summed E-state index contributed by atoms with van der Waals surface area (Å²) in [5.41, 5.74) is 1.65. The summed E-state index contributed by atoms with van der Waals surface area (Å²) in [7, 11) is 0. The average Bonchev–Trinajstić information content (AvgIpc) is 2.89. The lowest BCUT2D eigenvalue weighted by atomic mass is 10.1. The van der Waals surface area contributed by atoms with E-state index in [2.05, 4.69) is 22.7 Å². The highest BCUT2D eigenvalue weighted by Crippen LogP contribution is 2.08. The molecule has 0 radical (unpaired) electrons. The van der Waals surface area contributed by atoms with Gasteiger partial charge < -0.3 is 10.6 Å². The van der Waals surface area contributed by atoms with Crippen molar-refractivity contribution in [2.75, 3.05) is 13.1 Å². The van der Waals surface area contributed by atoms with Gasteiger partial charge >= 0.3 is 0 Å². The van der Waals surface area contributed by atoms with E-state index in [0.717, 1.165) is 31.6 Å². The summed E-state index contributed by atoms with van der Waals surface area (Å²) < 4.78 is 1.78. The molecule has 19 heavy (non-hydrogen) atoms. The Kier molecular flexibility index (Phi) is 4.96. The summed E-state index contributed by atoms with van der Waals surface area (Å²) in [6, 6.07) is 2.31. The van der Waals surface area contributed by atoms with Crippen LogP contribution in [0.15, 0.2) is 6.07 Å². The van der Waals surface area contributed by atoms with Crippen LogP contribution in [0.1, 0.15) is 49.3 Å². The van der Waals surface area contributed by atoms with E-state index in [1.807, 2.05) is 13.0 Å². The van der Waals surface area contributed by atoms with E-state index < -0.39 is 0 Å². The number of nitrogens with zero attached hydrogens (tertiary/aromatic N) is 2. The van der Waals surface area contributed by atoms with Gasteiger partial charge in [0.15, 0.2) is 0 Å². The number of nitrogens with one attached hydrogen (secondary N) is 2. The van der Waals surface area contributed by atoms with Crippen molar-refractivity contribution in [3.05, 3.63) is 17.5 Å². The highest BCUT2D eigenvalue weighted by atomic mass is 16.2. The van der Waals surface area contributed by atoms with Crippen molar-refractivity contribution in [2.24, 2.45) is 0 Å². The topological polar surface area (TPSA) is 59.0 Å². The van der Waals surface area contributed by atoms with Crippen molar-refractivity contribution >= 4 is 5.91 Å². The number of hydrogen-bond acceptors (Lipinski definition) is 3. The van der Waals surface area contributed by atoms with E-state index in [9.17, 15) is 4.79 Å². The summed E-state index contributed by atoms with van der Waals surface area (Å²) in [5.74, 6) is -0.0126. The fourth-order valence-corrected chi connectivity index (χ4v) is 2.47. The van der Waals surface area contributed by atoms with Crippen LogP contribution in [0.5, 0.6) is 0 Å². The lowest BCUT2D eigenvalue weighted by molar-refractivity contribution is 0.0937. The molecule has 5 heteroatoms. The van der Waals surface area contributed by atoms with Gasteiger partial charge in [0, 0.05) is 19.1 Å². The van der Waals surface area contributed by atoms with Crippen molar-refractivity contribution in [1.29, 1.82) is 0 Å². The van der Waals surface area contributed by atoms with Gasteiger partial charge in [0.25, 0.3) is 5.91 Å². The van der Waals surface area contributed by atoms with Crippen molar-refractivity contribution < 1.29 is 4.79 Å². The number of carbonyl (C=O) groups is 1. The van der Waals surface area contributed by atoms with Gasteiger partial charge in [-0.15, -0.1) is 0 Å². The number of aryl methyl sites for hydroxylation is 2. The molecule has 1 aromatic rings. The van der Waals surface area contributed by atoms with E-state index in [1.165, 1.54) is 12.8 Å². The predicted octanol–water partition coefficient (Wildman–Crippen LogP) is 1.34. The second-order valence-corrected chi connectivity index (χ2v) is 5.05. The first kappa shape index (κ1) is 14.1. The van der Waals surface area contributed by atoms with Gasteiger partial charge in [-0.1, -0.05) is 13.3 Å². The summed E-state index contributed by atoms with van der Waals surface area (Å²) in [4.78, 5) is 12.2. The first-order valence-corrected chi connectivity index (χ1v) is 7.32. The smallest absolute Gasteiger partial charge is 0.269 e. The van der Waals surface area contributed by atoms with Crippen LogP contribution in [-0.4, -0.2) is 34.8 Å². The van der Waals surface area contributed by atoms with E-state index >= 15 is 0 Å². The third-order valence-corrected chi connectivity index (χ3v) is 3.65. The molecule has 5 nitrogen and oxygen atoms in total. The standard InChI is InChI=1S/C14H24N4O/c1-3-11-9-13(18(4-2)17-11)14(19)16-10-12-7-5-6-8-15-12/h9,12,15H,3-8,10H2,1-2H3,(H,16,19). The number of carbonyl (C=O) groups excluding carboxylic acids is 1. The zero-order chi connectivity index (χ0) is 13.7. The molecule has 2 rings (SSSR count). The fourth-order valence-electron chi connectivity index (χ4n) is 2.47. The van der Waals surface area contributed by atoms with E-state index in [1.54, 1.807) is 4.68 Å². The number of piperidine rings is 1. The number of aromatic nitrogens is 2. The van der Waals surface area contributed by atoms with Crippen LogP contribution in [0.2, 0.25) is 0 Å². The van der Waals surface area contributed by atoms with Crippen molar-refractivity contribution in [2.45, 2.75) is 52.1 Å². The number of amides is 1. The maximum absolute atomic E-state index is 12.2. The van der Waals surface area contributed by atoms with Gasteiger partial charge in [0.1, 0.15) is 5.69 Å². The Labute approximate surface area is 114 Å². The third-order valence-electron chi connectivity index (χ3n) is 3.65. The first-order valence-electron chi connectivity index (χ1n) is 7.32. The largest absolute Gasteiger partial charge is 0.349 e. The van der Waals surface area contributed by atoms with Crippen molar-refractivity contribution in [3.8, 4) is 0 Å². The zero-order valence-electron chi connectivity index (χ0n) is 11.9. The van der Waals surface area contributed by atoms with Crippen LogP contribution >= 0.6 is 0 Å². The van der Waals surface area contributed by atoms with Gasteiger partial charge in [-0.3, -0.25) is 9.48 Å². The van der Waals surface area contributed by atoms with E-state index in [4.69, 9.17) is 0 Å². The van der Waals surface area contributed by atoms with Crippen LogP contribution in [0, 0.1) is 0 Å². The number of hydrogen-bond donors (Lipinski definition) is 2. The molecule has 1 aromatic heterocycles. The highest BCUT2D eigenvalue weighted by molar-refractivity contribution is 5.92. The van der Waals surface area contributed by atoms with Crippen LogP contribution in [0.4, 0.5) is 0 Å². The van der Waals surface area contributed by atoms with Gasteiger partial charge in [-0.2, -0.15) is 5.10 Å². The molecular formula is C14H24N4O. The second kappa shape index (κ2) is 6.70. The van der Waals surface area contributed by atoms with Gasteiger partial charge in [0.2, 0.25) is 0 Å². The molecule has 1 aliphatic heterocycles. The molecule has 0 bridgehead atoms. The average molecular weight is 264 g/mol. The third kappa shape index (κ3) is 3.56. The second-order valence-electron chi connectivity index (χ2n) is 5.05. The molecule has 106 valence electrons. The lowest BCUT2D eigenvalue weighted by Crippen LogP contribution is -2.43. The quantitative estimate of drug-likeness (QED) is 0.843. The zero-order valence-corrected chi connectivity index (χ0v) is 11.9. The molecule has 0 spiro atoms. The summed E-state index contributed by atoms with van der Waals surface area (Å²) in [6.07, 6.45) is 4.50. The predicted molar refractivity (Wildman–Crippen MR) is 75.3 cm³/mol. The Balaban J connectivity index is 1.93. The van der Waals surface area contributed by atoms with E-state index in [-0.39, 0.29) is 5.91 Å². The summed E-state index contributed by atoms with van der Waals surface area (Å²) >= 11 is 0. The van der Waals surface area contributed by atoms with Crippen LogP contribution < -0.4 is 10.6 Å². The van der Waals surface area contributed by atoms with Crippen molar-refractivity contribution in [1.82, 2.24) is 20.4 Å².